The van der Waals surface area contributed by atoms with Crippen molar-refractivity contribution in [3.8, 4) is 5.75 Å². The summed E-state index contributed by atoms with van der Waals surface area (Å²) in [6, 6.07) is 5.02. The zero-order chi connectivity index (χ0) is 14.5. The molecule has 0 heterocycles. The predicted molar refractivity (Wildman–Crippen MR) is 61.6 cm³/mol. The number of halogens is 3. The van der Waals surface area contributed by atoms with Crippen LogP contribution in [0.2, 0.25) is 0 Å². The number of nitrogens with one attached hydrogen (secondary N) is 1. The average Bonchev–Trinajstić information content (AvgIpc) is 2.33. The molecule has 4 nitrogen and oxygen atoms in total. The predicted octanol–water partition coefficient (Wildman–Crippen LogP) is 2.41. The maximum atomic E-state index is 12.1. The van der Waals surface area contributed by atoms with E-state index >= 15 is 0 Å². The molecule has 0 aromatic heterocycles. The number of methoxy groups -OCH3 is 1. The van der Waals surface area contributed by atoms with Gasteiger partial charge in [-0.25, -0.2) is 0 Å². The van der Waals surface area contributed by atoms with E-state index in [1.165, 1.54) is 25.3 Å². The van der Waals surface area contributed by atoms with Gasteiger partial charge in [0.25, 0.3) is 0 Å². The molecule has 7 heteroatoms. The number of esters is 1. The van der Waals surface area contributed by atoms with Crippen LogP contribution in [-0.4, -0.2) is 26.5 Å². The Balaban J connectivity index is 2.87. The number of rotatable bonds is 5. The van der Waals surface area contributed by atoms with Crippen molar-refractivity contribution in [2.24, 2.45) is 0 Å². The SMILES string of the molecule is CNC(CC(=O)OC)c1cccc(OC(F)(F)F)c1. The second-order valence-corrected chi connectivity index (χ2v) is 3.74. The lowest BCUT2D eigenvalue weighted by Gasteiger charge is -2.16. The summed E-state index contributed by atoms with van der Waals surface area (Å²) in [7, 11) is 2.85. The van der Waals surface area contributed by atoms with E-state index in [4.69, 9.17) is 0 Å². The van der Waals surface area contributed by atoms with Crippen LogP contribution in [0.3, 0.4) is 0 Å². The Labute approximate surface area is 108 Å². The number of hydrogen-bond acceptors (Lipinski definition) is 4. The monoisotopic (exact) mass is 277 g/mol. The molecule has 1 unspecified atom stereocenters. The fourth-order valence-corrected chi connectivity index (χ4v) is 1.56. The van der Waals surface area contributed by atoms with Crippen LogP contribution in [0.4, 0.5) is 13.2 Å². The highest BCUT2D eigenvalue weighted by atomic mass is 19.4. The van der Waals surface area contributed by atoms with Gasteiger partial charge < -0.3 is 14.8 Å². The highest BCUT2D eigenvalue weighted by Gasteiger charge is 2.31. The number of carbonyl (C=O) groups excluding carboxylic acids is 1. The Bertz CT molecular complexity index is 434. The molecule has 0 fully saturated rings. The molecule has 1 rings (SSSR count). The van der Waals surface area contributed by atoms with E-state index in [0.29, 0.717) is 5.56 Å². The van der Waals surface area contributed by atoms with Crippen LogP contribution in [0.5, 0.6) is 5.75 Å². The normalized spacial score (nSPS) is 12.9. The lowest BCUT2D eigenvalue weighted by atomic mass is 10.0. The van der Waals surface area contributed by atoms with Crippen LogP contribution in [-0.2, 0) is 9.53 Å². The molecule has 1 aromatic carbocycles. The molecule has 0 aliphatic heterocycles. The minimum Gasteiger partial charge on any atom is -0.469 e. The van der Waals surface area contributed by atoms with Gasteiger partial charge >= 0.3 is 12.3 Å². The van der Waals surface area contributed by atoms with E-state index in [1.54, 1.807) is 13.1 Å². The average molecular weight is 277 g/mol. The van der Waals surface area contributed by atoms with Gasteiger partial charge in [-0.1, -0.05) is 12.1 Å². The lowest BCUT2D eigenvalue weighted by Crippen LogP contribution is -2.21. The molecule has 0 amide bonds. The van der Waals surface area contributed by atoms with E-state index in [9.17, 15) is 18.0 Å². The highest BCUT2D eigenvalue weighted by molar-refractivity contribution is 5.70. The van der Waals surface area contributed by atoms with Crippen molar-refractivity contribution in [3.05, 3.63) is 29.8 Å². The van der Waals surface area contributed by atoms with Gasteiger partial charge in [-0.3, -0.25) is 4.79 Å². The fraction of sp³-hybridized carbons (Fsp3) is 0.417. The first kappa shape index (κ1) is 15.3. The summed E-state index contributed by atoms with van der Waals surface area (Å²) in [6.45, 7) is 0. The van der Waals surface area contributed by atoms with Gasteiger partial charge in [-0.15, -0.1) is 13.2 Å². The maximum absolute atomic E-state index is 12.1. The van der Waals surface area contributed by atoms with Crippen molar-refractivity contribution in [2.75, 3.05) is 14.2 Å². The molecular formula is C12H14F3NO3. The summed E-state index contributed by atoms with van der Waals surface area (Å²) in [5, 5.41) is 2.84. The van der Waals surface area contributed by atoms with Crippen molar-refractivity contribution < 1.29 is 27.4 Å². The third kappa shape index (κ3) is 5.17. The van der Waals surface area contributed by atoms with Crippen LogP contribution in [0.15, 0.2) is 24.3 Å². The second-order valence-electron chi connectivity index (χ2n) is 3.74. The lowest BCUT2D eigenvalue weighted by molar-refractivity contribution is -0.274. The zero-order valence-corrected chi connectivity index (χ0v) is 10.5. The van der Waals surface area contributed by atoms with E-state index in [2.05, 4.69) is 14.8 Å². The molecule has 106 valence electrons. The van der Waals surface area contributed by atoms with Crippen molar-refractivity contribution in [3.63, 3.8) is 0 Å². The molecule has 0 radical (unpaired) electrons. The molecule has 19 heavy (non-hydrogen) atoms. The molecule has 0 aliphatic rings. The Kier molecular flexibility index (Phi) is 5.17. The summed E-state index contributed by atoms with van der Waals surface area (Å²) in [6.07, 6.45) is -4.72. The van der Waals surface area contributed by atoms with Crippen LogP contribution in [0, 0.1) is 0 Å². The molecule has 0 saturated carbocycles. The number of hydrogen-bond donors (Lipinski definition) is 1. The number of alkyl halides is 3. The van der Waals surface area contributed by atoms with Crippen molar-refractivity contribution >= 4 is 5.97 Å². The second kappa shape index (κ2) is 6.42. The maximum Gasteiger partial charge on any atom is 0.573 e. The minimum atomic E-state index is -4.74. The highest BCUT2D eigenvalue weighted by Crippen LogP contribution is 2.26. The first-order chi connectivity index (χ1) is 8.85. The van der Waals surface area contributed by atoms with Crippen molar-refractivity contribution in [2.45, 2.75) is 18.8 Å². The van der Waals surface area contributed by atoms with Gasteiger partial charge in [0.15, 0.2) is 0 Å². The summed E-state index contributed by atoms with van der Waals surface area (Å²) >= 11 is 0. The third-order valence-corrected chi connectivity index (χ3v) is 2.44. The molecule has 1 N–H and O–H groups in total. The Morgan fingerprint density at radius 3 is 2.63 bits per heavy atom. The van der Waals surface area contributed by atoms with E-state index in [1.807, 2.05) is 0 Å². The molecule has 1 aromatic rings. The van der Waals surface area contributed by atoms with Crippen LogP contribution in [0.25, 0.3) is 0 Å². The van der Waals surface area contributed by atoms with Gasteiger partial charge in [0, 0.05) is 6.04 Å². The van der Waals surface area contributed by atoms with Crippen LogP contribution >= 0.6 is 0 Å². The molecule has 0 bridgehead atoms. The van der Waals surface area contributed by atoms with Gasteiger partial charge in [0.2, 0.25) is 0 Å². The molecule has 0 aliphatic carbocycles. The summed E-state index contributed by atoms with van der Waals surface area (Å²) in [4.78, 5) is 11.2. The van der Waals surface area contributed by atoms with E-state index in [-0.39, 0.29) is 12.2 Å². The fourth-order valence-electron chi connectivity index (χ4n) is 1.56. The summed E-state index contributed by atoms with van der Waals surface area (Å²) in [5.41, 5.74) is 0.509. The van der Waals surface area contributed by atoms with E-state index in [0.717, 1.165) is 0 Å². The largest absolute Gasteiger partial charge is 0.573 e. The molecule has 0 saturated heterocycles. The van der Waals surface area contributed by atoms with Gasteiger partial charge in [0.05, 0.1) is 13.5 Å². The van der Waals surface area contributed by atoms with Gasteiger partial charge in [-0.05, 0) is 24.7 Å². The van der Waals surface area contributed by atoms with Crippen molar-refractivity contribution in [1.29, 1.82) is 0 Å². The summed E-state index contributed by atoms with van der Waals surface area (Å²) in [5.74, 6) is -0.781. The summed E-state index contributed by atoms with van der Waals surface area (Å²) < 4.78 is 44.7. The smallest absolute Gasteiger partial charge is 0.469 e. The number of carbonyl (C=O) groups is 1. The topological polar surface area (TPSA) is 47.6 Å². The first-order valence-electron chi connectivity index (χ1n) is 5.45. The van der Waals surface area contributed by atoms with Gasteiger partial charge in [0.1, 0.15) is 5.75 Å². The number of ether oxygens (including phenoxy) is 2. The minimum absolute atomic E-state index is 0.0163. The first-order valence-corrected chi connectivity index (χ1v) is 5.45. The van der Waals surface area contributed by atoms with E-state index < -0.39 is 18.4 Å². The van der Waals surface area contributed by atoms with Crippen LogP contribution < -0.4 is 10.1 Å². The number of benzene rings is 1. The zero-order valence-electron chi connectivity index (χ0n) is 10.5. The Morgan fingerprint density at radius 2 is 2.11 bits per heavy atom. The Hall–Kier alpha value is -1.76. The third-order valence-electron chi connectivity index (χ3n) is 2.44. The standard InChI is InChI=1S/C12H14F3NO3/c1-16-10(7-11(17)18-2)8-4-3-5-9(6-8)19-12(13,14)15/h3-6,10,16H,7H2,1-2H3. The molecular weight excluding hydrogens is 263 g/mol. The van der Waals surface area contributed by atoms with Crippen LogP contribution in [0.1, 0.15) is 18.0 Å². The molecule has 0 spiro atoms. The van der Waals surface area contributed by atoms with Crippen molar-refractivity contribution in [1.82, 2.24) is 5.32 Å². The Morgan fingerprint density at radius 1 is 1.42 bits per heavy atom. The van der Waals surface area contributed by atoms with Gasteiger partial charge in [-0.2, -0.15) is 0 Å². The molecule has 1 atom stereocenters. The quantitative estimate of drug-likeness (QED) is 0.840.